The first-order valence-corrected chi connectivity index (χ1v) is 12.8. The summed E-state index contributed by atoms with van der Waals surface area (Å²) in [7, 11) is -3.14. The van der Waals surface area contributed by atoms with E-state index in [0.717, 1.165) is 11.3 Å². The minimum Gasteiger partial charge on any atom is -0.325 e. The van der Waals surface area contributed by atoms with Gasteiger partial charge in [-0.1, -0.05) is 47.1 Å². The van der Waals surface area contributed by atoms with Crippen LogP contribution in [0.5, 0.6) is 0 Å². The molecule has 0 bridgehead atoms. The molecule has 0 aliphatic carbocycles. The first-order valence-electron chi connectivity index (χ1n) is 9.24. The molecule has 0 aromatic heterocycles. The summed E-state index contributed by atoms with van der Waals surface area (Å²) >= 11 is 13.5. The summed E-state index contributed by atoms with van der Waals surface area (Å²) in [4.78, 5) is 19.0. The summed E-state index contributed by atoms with van der Waals surface area (Å²) in [6.45, 7) is 1.84. The Morgan fingerprint density at radius 2 is 2.00 bits per heavy atom. The maximum Gasteiger partial charge on any atom is 0.234 e. The second-order valence-electron chi connectivity index (χ2n) is 7.22. The Kier molecular flexibility index (Phi) is 6.03. The Labute approximate surface area is 189 Å². The van der Waals surface area contributed by atoms with Gasteiger partial charge in [-0.05, 0) is 42.8 Å². The maximum atomic E-state index is 12.5. The van der Waals surface area contributed by atoms with Crippen LogP contribution in [-0.4, -0.2) is 48.8 Å². The topological polar surface area (TPSA) is 78.8 Å². The van der Waals surface area contributed by atoms with Gasteiger partial charge in [-0.25, -0.2) is 8.42 Å². The van der Waals surface area contributed by atoms with Gasteiger partial charge in [0.2, 0.25) is 5.91 Å². The summed E-state index contributed by atoms with van der Waals surface area (Å²) in [6.07, 6.45) is 0. The Morgan fingerprint density at radius 3 is 2.77 bits per heavy atom. The molecule has 30 heavy (non-hydrogen) atoms. The Balaban J connectivity index is 1.51. The molecule has 1 N–H and O–H groups in total. The second kappa shape index (κ2) is 8.42. The number of fused-ring (bicyclic) bond motifs is 1. The van der Waals surface area contributed by atoms with E-state index in [4.69, 9.17) is 23.2 Å². The van der Waals surface area contributed by atoms with Gasteiger partial charge in [0, 0.05) is 21.4 Å². The van der Waals surface area contributed by atoms with Crippen LogP contribution in [0.25, 0.3) is 0 Å². The molecule has 2 aromatic carbocycles. The molecule has 158 valence electrons. The number of aliphatic imine (C=N–C) groups is 1. The van der Waals surface area contributed by atoms with E-state index < -0.39 is 9.84 Å². The number of nitrogens with one attached hydrogen (secondary N) is 1. The fourth-order valence-electron chi connectivity index (χ4n) is 3.62. The van der Waals surface area contributed by atoms with Gasteiger partial charge >= 0.3 is 0 Å². The van der Waals surface area contributed by atoms with Gasteiger partial charge in [-0.2, -0.15) is 0 Å². The lowest BCUT2D eigenvalue weighted by atomic mass is 10.1. The predicted molar refractivity (Wildman–Crippen MR) is 125 cm³/mol. The number of amidine groups is 1. The molecule has 1 saturated heterocycles. The van der Waals surface area contributed by atoms with Gasteiger partial charge in [0.1, 0.15) is 0 Å². The maximum absolute atomic E-state index is 12.5. The summed E-state index contributed by atoms with van der Waals surface area (Å²) in [6, 6.07) is 11.9. The van der Waals surface area contributed by atoms with Gasteiger partial charge < -0.3 is 10.2 Å². The first-order chi connectivity index (χ1) is 14.2. The monoisotopic (exact) mass is 483 g/mol. The lowest BCUT2D eigenvalue weighted by Crippen LogP contribution is -2.39. The highest BCUT2D eigenvalue weighted by Gasteiger charge is 2.47. The van der Waals surface area contributed by atoms with Crippen molar-refractivity contribution in [1.29, 1.82) is 0 Å². The van der Waals surface area contributed by atoms with Crippen molar-refractivity contribution < 1.29 is 13.2 Å². The van der Waals surface area contributed by atoms with Crippen molar-refractivity contribution in [2.75, 3.05) is 27.5 Å². The third-order valence-corrected chi connectivity index (χ3v) is 8.38. The number of sulfone groups is 1. The molecule has 0 spiro atoms. The predicted octanol–water partition coefficient (Wildman–Crippen LogP) is 4.02. The SMILES string of the molecule is Cc1c(Cl)cccc1NC(=O)CSC1=NC2CS(=O)(=O)CC2N1c1cccc(Cl)c1. The van der Waals surface area contributed by atoms with Crippen LogP contribution in [0.4, 0.5) is 11.4 Å². The zero-order valence-corrected chi connectivity index (χ0v) is 19.2. The molecule has 4 rings (SSSR count). The van der Waals surface area contributed by atoms with Crippen LogP contribution in [0.15, 0.2) is 47.5 Å². The molecule has 2 aliphatic rings. The van der Waals surface area contributed by atoms with E-state index in [1.807, 2.05) is 24.0 Å². The van der Waals surface area contributed by atoms with E-state index in [1.54, 1.807) is 30.3 Å². The van der Waals surface area contributed by atoms with Gasteiger partial charge in [-0.3, -0.25) is 9.79 Å². The van der Waals surface area contributed by atoms with E-state index in [9.17, 15) is 13.2 Å². The van der Waals surface area contributed by atoms with Crippen molar-refractivity contribution in [3.05, 3.63) is 58.1 Å². The lowest BCUT2D eigenvalue weighted by Gasteiger charge is -2.26. The van der Waals surface area contributed by atoms with Crippen LogP contribution >= 0.6 is 35.0 Å². The van der Waals surface area contributed by atoms with Crippen molar-refractivity contribution in [3.8, 4) is 0 Å². The summed E-state index contributed by atoms with van der Waals surface area (Å²) in [5, 5.41) is 4.63. The Bertz CT molecular complexity index is 1140. The molecule has 2 unspecified atom stereocenters. The number of carbonyl (C=O) groups is 1. The number of thioether (sulfide) groups is 1. The lowest BCUT2D eigenvalue weighted by molar-refractivity contribution is -0.113. The van der Waals surface area contributed by atoms with E-state index in [-0.39, 0.29) is 35.2 Å². The minimum absolute atomic E-state index is 0.0205. The highest BCUT2D eigenvalue weighted by atomic mass is 35.5. The van der Waals surface area contributed by atoms with Gasteiger partial charge in [-0.15, -0.1) is 0 Å². The van der Waals surface area contributed by atoms with E-state index in [0.29, 0.717) is 20.9 Å². The summed E-state index contributed by atoms with van der Waals surface area (Å²) in [5.41, 5.74) is 2.23. The fourth-order valence-corrected chi connectivity index (χ4v) is 6.75. The average molecular weight is 484 g/mol. The van der Waals surface area contributed by atoms with Crippen LogP contribution < -0.4 is 10.2 Å². The molecule has 2 heterocycles. The van der Waals surface area contributed by atoms with Crippen LogP contribution in [-0.2, 0) is 14.6 Å². The highest BCUT2D eigenvalue weighted by Crippen LogP contribution is 2.36. The summed E-state index contributed by atoms with van der Waals surface area (Å²) < 4.78 is 24.2. The largest absolute Gasteiger partial charge is 0.325 e. The zero-order chi connectivity index (χ0) is 21.5. The van der Waals surface area contributed by atoms with E-state index in [1.165, 1.54) is 11.8 Å². The number of hydrogen-bond donors (Lipinski definition) is 1. The van der Waals surface area contributed by atoms with Crippen molar-refractivity contribution in [2.24, 2.45) is 4.99 Å². The van der Waals surface area contributed by atoms with E-state index in [2.05, 4.69) is 10.3 Å². The third kappa shape index (κ3) is 4.46. The highest BCUT2D eigenvalue weighted by molar-refractivity contribution is 8.14. The zero-order valence-electron chi connectivity index (χ0n) is 16.0. The first kappa shape index (κ1) is 21.5. The molecule has 0 saturated carbocycles. The van der Waals surface area contributed by atoms with Crippen molar-refractivity contribution in [2.45, 2.75) is 19.0 Å². The minimum atomic E-state index is -3.14. The molecule has 0 radical (unpaired) electrons. The van der Waals surface area contributed by atoms with Crippen molar-refractivity contribution >= 4 is 67.3 Å². The molecule has 2 aliphatic heterocycles. The van der Waals surface area contributed by atoms with Crippen LogP contribution in [0.2, 0.25) is 10.0 Å². The van der Waals surface area contributed by atoms with Gasteiger partial charge in [0.05, 0.1) is 29.3 Å². The summed E-state index contributed by atoms with van der Waals surface area (Å²) in [5.74, 6) is -0.00404. The number of nitrogens with zero attached hydrogens (tertiary/aromatic N) is 2. The van der Waals surface area contributed by atoms with Crippen LogP contribution in [0.1, 0.15) is 5.56 Å². The molecule has 10 heteroatoms. The molecular weight excluding hydrogens is 465 g/mol. The molecule has 2 atom stereocenters. The van der Waals surface area contributed by atoms with Gasteiger partial charge in [0.25, 0.3) is 0 Å². The average Bonchev–Trinajstić information content (AvgIpc) is 3.14. The third-order valence-electron chi connectivity index (χ3n) is 5.07. The van der Waals surface area contributed by atoms with Crippen molar-refractivity contribution in [3.63, 3.8) is 0 Å². The normalized spacial score (nSPS) is 22.0. The van der Waals surface area contributed by atoms with Crippen LogP contribution in [0, 0.1) is 6.92 Å². The smallest absolute Gasteiger partial charge is 0.234 e. The second-order valence-corrected chi connectivity index (χ2v) is 11.2. The molecular formula is C20H19Cl2N3O3S2. The number of rotatable bonds is 4. The number of amides is 1. The molecule has 6 nitrogen and oxygen atoms in total. The fraction of sp³-hybridized carbons (Fsp3) is 0.300. The number of hydrogen-bond acceptors (Lipinski definition) is 6. The molecule has 1 amide bonds. The quantitative estimate of drug-likeness (QED) is 0.710. The van der Waals surface area contributed by atoms with Crippen molar-refractivity contribution in [1.82, 2.24) is 0 Å². The van der Waals surface area contributed by atoms with Crippen LogP contribution in [0.3, 0.4) is 0 Å². The number of benzene rings is 2. The van der Waals surface area contributed by atoms with Gasteiger partial charge in [0.15, 0.2) is 15.0 Å². The standard InChI is InChI=1S/C20H19Cl2N3O3S2/c1-12-15(22)6-3-7-16(12)23-19(26)9-29-20-24-17-10-30(27,28)11-18(17)25(20)14-5-2-4-13(21)8-14/h2-8,17-18H,9-11H2,1H3,(H,23,26). The number of halogens is 2. The molecule has 2 aromatic rings. The Hall–Kier alpha value is -1.74. The number of carbonyl (C=O) groups excluding carboxylic acids is 1. The molecule has 1 fully saturated rings. The number of anilines is 2. The Morgan fingerprint density at radius 1 is 1.23 bits per heavy atom. The van der Waals surface area contributed by atoms with E-state index >= 15 is 0 Å².